The van der Waals surface area contributed by atoms with Crippen LogP contribution in [0.4, 0.5) is 13.2 Å². The monoisotopic (exact) mass is 325 g/mol. The second kappa shape index (κ2) is 5.82. The van der Waals surface area contributed by atoms with Crippen LogP contribution in [0.1, 0.15) is 6.92 Å². The van der Waals surface area contributed by atoms with E-state index in [2.05, 4.69) is 4.74 Å². The molecule has 1 aromatic carbocycles. The van der Waals surface area contributed by atoms with Gasteiger partial charge in [-0.3, -0.25) is 0 Å². The molecule has 0 aliphatic carbocycles. The van der Waals surface area contributed by atoms with Crippen LogP contribution in [0.25, 0.3) is 0 Å². The summed E-state index contributed by atoms with van der Waals surface area (Å²) in [5.41, 5.74) is 0. The molecule has 0 bridgehead atoms. The average molecular weight is 325 g/mol. The van der Waals surface area contributed by atoms with E-state index in [0.29, 0.717) is 6.61 Å². The Labute approximate surface area is 120 Å². The summed E-state index contributed by atoms with van der Waals surface area (Å²) in [5.74, 6) is -0.462. The highest BCUT2D eigenvalue weighted by atomic mass is 32.2. The summed E-state index contributed by atoms with van der Waals surface area (Å²) in [6.07, 6.45) is -4.81. The van der Waals surface area contributed by atoms with Crippen LogP contribution >= 0.6 is 0 Å². The quantitative estimate of drug-likeness (QED) is 0.853. The van der Waals surface area contributed by atoms with E-state index >= 15 is 0 Å². The number of halogens is 3. The zero-order chi connectivity index (χ0) is 15.7. The minimum Gasteiger partial charge on any atom is -0.406 e. The molecule has 1 aliphatic rings. The van der Waals surface area contributed by atoms with E-state index in [0.717, 1.165) is 24.3 Å². The van der Waals surface area contributed by atoms with Crippen LogP contribution in [-0.2, 0) is 14.8 Å². The van der Waals surface area contributed by atoms with Crippen molar-refractivity contribution in [1.82, 2.24) is 4.31 Å². The Morgan fingerprint density at radius 3 is 2.43 bits per heavy atom. The molecule has 5 nitrogen and oxygen atoms in total. The van der Waals surface area contributed by atoms with Gasteiger partial charge in [-0.25, -0.2) is 8.42 Å². The Hall–Kier alpha value is -1.32. The maximum absolute atomic E-state index is 12.4. The predicted molar refractivity (Wildman–Crippen MR) is 67.3 cm³/mol. The van der Waals surface area contributed by atoms with Crippen molar-refractivity contribution in [3.05, 3.63) is 24.3 Å². The third-order valence-corrected chi connectivity index (χ3v) is 5.00. The lowest BCUT2D eigenvalue weighted by Gasteiger charge is -2.32. The highest BCUT2D eigenvalue weighted by Crippen LogP contribution is 2.26. The van der Waals surface area contributed by atoms with E-state index in [4.69, 9.17) is 4.74 Å². The lowest BCUT2D eigenvalue weighted by Crippen LogP contribution is -2.46. The van der Waals surface area contributed by atoms with Gasteiger partial charge in [-0.2, -0.15) is 4.31 Å². The van der Waals surface area contributed by atoms with Gasteiger partial charge in [0.05, 0.1) is 18.1 Å². The number of hydrogen-bond acceptors (Lipinski definition) is 4. The van der Waals surface area contributed by atoms with Crippen molar-refractivity contribution >= 4 is 10.0 Å². The first-order valence-electron chi connectivity index (χ1n) is 6.15. The fourth-order valence-corrected chi connectivity index (χ4v) is 3.62. The van der Waals surface area contributed by atoms with Crippen LogP contribution in [0.2, 0.25) is 0 Å². The smallest absolute Gasteiger partial charge is 0.406 e. The SMILES string of the molecule is C[C@H]1COCCN1S(=O)(=O)c1ccc(OC(F)(F)F)cc1. The lowest BCUT2D eigenvalue weighted by molar-refractivity contribution is -0.274. The van der Waals surface area contributed by atoms with E-state index < -0.39 is 22.1 Å². The van der Waals surface area contributed by atoms with Crippen LogP contribution in [0.3, 0.4) is 0 Å². The molecule has 0 amide bonds. The highest BCUT2D eigenvalue weighted by Gasteiger charge is 2.33. The van der Waals surface area contributed by atoms with Gasteiger partial charge in [0.1, 0.15) is 5.75 Å². The molecule has 0 saturated carbocycles. The van der Waals surface area contributed by atoms with E-state index in [1.54, 1.807) is 6.92 Å². The molecule has 0 N–H and O–H groups in total. The van der Waals surface area contributed by atoms with Crippen LogP contribution in [0.5, 0.6) is 5.75 Å². The van der Waals surface area contributed by atoms with Gasteiger partial charge in [-0.1, -0.05) is 0 Å². The Kier molecular flexibility index (Phi) is 4.45. The van der Waals surface area contributed by atoms with Crippen molar-refractivity contribution in [3.8, 4) is 5.75 Å². The molecule has 2 rings (SSSR count). The summed E-state index contributed by atoms with van der Waals surface area (Å²) in [6, 6.07) is 3.82. The first kappa shape index (κ1) is 16.1. The van der Waals surface area contributed by atoms with Crippen LogP contribution < -0.4 is 4.74 Å². The van der Waals surface area contributed by atoms with Gasteiger partial charge in [0, 0.05) is 12.6 Å². The molecule has 9 heteroatoms. The predicted octanol–water partition coefficient (Wildman–Crippen LogP) is 1.99. The zero-order valence-corrected chi connectivity index (χ0v) is 11.9. The second-order valence-electron chi connectivity index (χ2n) is 4.56. The van der Waals surface area contributed by atoms with E-state index in [1.165, 1.54) is 4.31 Å². The molecule has 1 fully saturated rings. The molecule has 1 aromatic rings. The van der Waals surface area contributed by atoms with Crippen molar-refractivity contribution in [2.24, 2.45) is 0 Å². The molecule has 21 heavy (non-hydrogen) atoms. The van der Waals surface area contributed by atoms with Gasteiger partial charge in [0.2, 0.25) is 10.0 Å². The molecule has 0 unspecified atom stereocenters. The summed E-state index contributed by atoms with van der Waals surface area (Å²) in [6.45, 7) is 2.50. The fraction of sp³-hybridized carbons (Fsp3) is 0.500. The molecule has 0 radical (unpaired) electrons. The molecule has 0 aromatic heterocycles. The van der Waals surface area contributed by atoms with E-state index in [9.17, 15) is 21.6 Å². The van der Waals surface area contributed by atoms with Gasteiger partial charge < -0.3 is 9.47 Å². The van der Waals surface area contributed by atoms with Gasteiger partial charge in [0.15, 0.2) is 0 Å². The maximum atomic E-state index is 12.4. The standard InChI is InChI=1S/C12H14F3NO4S/c1-9-8-19-7-6-16(9)21(17,18)11-4-2-10(3-5-11)20-12(13,14)15/h2-5,9H,6-8H2,1H3/t9-/m0/s1. The van der Waals surface area contributed by atoms with Crippen molar-refractivity contribution in [1.29, 1.82) is 0 Å². The highest BCUT2D eigenvalue weighted by molar-refractivity contribution is 7.89. The molecular weight excluding hydrogens is 311 g/mol. The van der Waals surface area contributed by atoms with Crippen LogP contribution in [-0.4, -0.2) is 44.9 Å². The minimum atomic E-state index is -4.81. The molecule has 1 saturated heterocycles. The number of ether oxygens (including phenoxy) is 2. The number of alkyl halides is 3. The van der Waals surface area contributed by atoms with E-state index in [1.807, 2.05) is 0 Å². The summed E-state index contributed by atoms with van der Waals surface area (Å²) < 4.78 is 71.1. The lowest BCUT2D eigenvalue weighted by atomic mass is 10.3. The summed E-state index contributed by atoms with van der Waals surface area (Å²) in [4.78, 5) is -0.0780. The number of sulfonamides is 1. The zero-order valence-electron chi connectivity index (χ0n) is 11.1. The number of morpholine rings is 1. The first-order valence-corrected chi connectivity index (χ1v) is 7.59. The number of benzene rings is 1. The summed E-state index contributed by atoms with van der Waals surface area (Å²) in [5, 5.41) is 0. The van der Waals surface area contributed by atoms with Crippen molar-refractivity contribution in [2.45, 2.75) is 24.2 Å². The Bertz CT molecular complexity index is 586. The number of hydrogen-bond donors (Lipinski definition) is 0. The average Bonchev–Trinajstić information content (AvgIpc) is 2.37. The molecule has 0 spiro atoms. The molecule has 1 heterocycles. The normalized spacial score (nSPS) is 21.2. The number of nitrogens with zero attached hydrogens (tertiary/aromatic N) is 1. The summed E-state index contributed by atoms with van der Waals surface area (Å²) >= 11 is 0. The van der Waals surface area contributed by atoms with Crippen molar-refractivity contribution in [2.75, 3.05) is 19.8 Å². The fourth-order valence-electron chi connectivity index (χ4n) is 2.02. The second-order valence-corrected chi connectivity index (χ2v) is 6.45. The van der Waals surface area contributed by atoms with Gasteiger partial charge in [-0.05, 0) is 31.2 Å². The Morgan fingerprint density at radius 1 is 1.29 bits per heavy atom. The van der Waals surface area contributed by atoms with Crippen molar-refractivity contribution < 1.29 is 31.1 Å². The topological polar surface area (TPSA) is 55.8 Å². The maximum Gasteiger partial charge on any atom is 0.573 e. The molecule has 1 aliphatic heterocycles. The van der Waals surface area contributed by atoms with Gasteiger partial charge in [0.25, 0.3) is 0 Å². The molecule has 1 atom stereocenters. The number of rotatable bonds is 3. The summed E-state index contributed by atoms with van der Waals surface area (Å²) in [7, 11) is -3.76. The van der Waals surface area contributed by atoms with Crippen molar-refractivity contribution in [3.63, 3.8) is 0 Å². The van der Waals surface area contributed by atoms with Crippen LogP contribution in [0, 0.1) is 0 Å². The van der Waals surface area contributed by atoms with Crippen LogP contribution in [0.15, 0.2) is 29.2 Å². The van der Waals surface area contributed by atoms with E-state index in [-0.39, 0.29) is 24.1 Å². The minimum absolute atomic E-state index is 0.0780. The largest absolute Gasteiger partial charge is 0.573 e. The molecular formula is C12H14F3NO4S. The molecule has 118 valence electrons. The van der Waals surface area contributed by atoms with Gasteiger partial charge in [-0.15, -0.1) is 13.2 Å². The van der Waals surface area contributed by atoms with Gasteiger partial charge >= 0.3 is 6.36 Å². The third kappa shape index (κ3) is 3.86. The Morgan fingerprint density at radius 2 is 1.90 bits per heavy atom. The first-order chi connectivity index (χ1) is 9.70. The third-order valence-electron chi connectivity index (χ3n) is 2.97. The Balaban J connectivity index is 2.21.